The average Bonchev–Trinajstić information content (AvgIpc) is 3.74. The third kappa shape index (κ3) is 6.73. The SMILES string of the molecule is CNC(=O)COc1cc2cc(Nc3nc(N4CC[C@@H](CNc5cccc6c(C7CCC(=O)NC7=O)nn(C)c56)C4)ncc3Cl)cnc2n(C)c1=O. The smallest absolute Gasteiger partial charge is 0.294 e. The third-order valence-electron chi connectivity index (χ3n) is 9.26. The zero-order valence-corrected chi connectivity index (χ0v) is 29.0. The summed E-state index contributed by atoms with van der Waals surface area (Å²) in [7, 11) is 4.94. The van der Waals surface area contributed by atoms with Gasteiger partial charge in [0.2, 0.25) is 17.8 Å². The molecule has 2 fully saturated rings. The predicted octanol–water partition coefficient (Wildman–Crippen LogP) is 2.59. The Hall–Kier alpha value is -5.77. The number of hydrogen-bond donors (Lipinski definition) is 4. The van der Waals surface area contributed by atoms with Gasteiger partial charge in [-0.3, -0.25) is 33.7 Å². The van der Waals surface area contributed by atoms with E-state index in [2.05, 4.69) is 36.1 Å². The van der Waals surface area contributed by atoms with E-state index in [1.54, 1.807) is 36.3 Å². The Labute approximate surface area is 296 Å². The molecule has 2 saturated heterocycles. The quantitative estimate of drug-likeness (QED) is 0.155. The number of carbonyl (C=O) groups is 3. The van der Waals surface area contributed by atoms with Crippen molar-refractivity contribution in [1.29, 1.82) is 0 Å². The minimum atomic E-state index is -0.467. The number of nitrogens with zero attached hydrogens (tertiary/aromatic N) is 7. The summed E-state index contributed by atoms with van der Waals surface area (Å²) >= 11 is 6.52. The molecular weight excluding hydrogens is 678 g/mol. The van der Waals surface area contributed by atoms with Crippen LogP contribution in [0.15, 0.2) is 47.5 Å². The lowest BCUT2D eigenvalue weighted by atomic mass is 9.92. The highest BCUT2D eigenvalue weighted by atomic mass is 35.5. The number of hydrogen-bond acceptors (Lipinski definition) is 12. The molecule has 264 valence electrons. The van der Waals surface area contributed by atoms with Crippen LogP contribution in [0.4, 0.5) is 23.1 Å². The van der Waals surface area contributed by atoms with Crippen molar-refractivity contribution in [1.82, 2.24) is 39.9 Å². The van der Waals surface area contributed by atoms with Crippen LogP contribution in [0.2, 0.25) is 5.02 Å². The highest BCUT2D eigenvalue weighted by Crippen LogP contribution is 2.34. The number of aromatic nitrogens is 6. The van der Waals surface area contributed by atoms with Gasteiger partial charge in [-0.05, 0) is 37.0 Å². The molecule has 0 saturated carbocycles. The second-order valence-electron chi connectivity index (χ2n) is 12.7. The number of aryl methyl sites for hydroxylation is 2. The maximum absolute atomic E-state index is 12.7. The average molecular weight is 714 g/mol. The number of pyridine rings is 2. The molecule has 5 aromatic rings. The fourth-order valence-electron chi connectivity index (χ4n) is 6.60. The molecule has 2 atom stereocenters. The number of ether oxygens (including phenoxy) is 1. The van der Waals surface area contributed by atoms with Crippen molar-refractivity contribution in [2.45, 2.75) is 25.2 Å². The van der Waals surface area contributed by atoms with Crippen LogP contribution in [0.1, 0.15) is 30.9 Å². The molecule has 7 rings (SSSR count). The summed E-state index contributed by atoms with van der Waals surface area (Å²) in [4.78, 5) is 64.5. The fourth-order valence-corrected chi connectivity index (χ4v) is 6.74. The van der Waals surface area contributed by atoms with Crippen molar-refractivity contribution >= 4 is 74.4 Å². The van der Waals surface area contributed by atoms with Gasteiger partial charge in [0.05, 0.1) is 40.9 Å². The number of likely N-dealkylation sites (N-methyl/N-ethyl adjacent to an activating group) is 1. The van der Waals surface area contributed by atoms with Crippen LogP contribution in [0, 0.1) is 5.92 Å². The molecule has 4 N–H and O–H groups in total. The molecule has 2 aliphatic heterocycles. The van der Waals surface area contributed by atoms with Crippen molar-refractivity contribution in [2.75, 3.05) is 48.8 Å². The van der Waals surface area contributed by atoms with Crippen molar-refractivity contribution < 1.29 is 19.1 Å². The zero-order chi connectivity index (χ0) is 35.8. The number of imide groups is 1. The number of rotatable bonds is 10. The highest BCUT2D eigenvalue weighted by molar-refractivity contribution is 6.33. The molecular formula is C34H36ClN11O5. The summed E-state index contributed by atoms with van der Waals surface area (Å²) in [5.74, 6) is -0.111. The third-order valence-corrected chi connectivity index (χ3v) is 9.54. The minimum Gasteiger partial charge on any atom is -0.478 e. The Bertz CT molecular complexity index is 2250. The van der Waals surface area contributed by atoms with Crippen LogP contribution in [0.3, 0.4) is 0 Å². The molecule has 6 heterocycles. The van der Waals surface area contributed by atoms with E-state index in [1.807, 2.05) is 25.2 Å². The molecule has 0 radical (unpaired) electrons. The molecule has 3 amide bonds. The van der Waals surface area contributed by atoms with E-state index >= 15 is 0 Å². The van der Waals surface area contributed by atoms with Crippen LogP contribution >= 0.6 is 11.6 Å². The topological polar surface area (TPSA) is 190 Å². The van der Waals surface area contributed by atoms with Crippen molar-refractivity contribution in [3.8, 4) is 5.75 Å². The van der Waals surface area contributed by atoms with Gasteiger partial charge in [-0.1, -0.05) is 23.7 Å². The van der Waals surface area contributed by atoms with Gasteiger partial charge < -0.3 is 25.6 Å². The number of amides is 3. The second kappa shape index (κ2) is 13.9. The molecule has 1 unspecified atom stereocenters. The summed E-state index contributed by atoms with van der Waals surface area (Å²) in [6, 6.07) is 9.26. The lowest BCUT2D eigenvalue weighted by Gasteiger charge is -2.19. The highest BCUT2D eigenvalue weighted by Gasteiger charge is 2.32. The number of piperidine rings is 1. The van der Waals surface area contributed by atoms with Crippen LogP contribution in [-0.4, -0.2) is 80.3 Å². The van der Waals surface area contributed by atoms with Crippen molar-refractivity contribution in [2.24, 2.45) is 20.0 Å². The van der Waals surface area contributed by atoms with E-state index in [9.17, 15) is 19.2 Å². The zero-order valence-electron chi connectivity index (χ0n) is 28.2. The molecule has 1 aromatic carbocycles. The summed E-state index contributed by atoms with van der Waals surface area (Å²) in [5, 5.41) is 18.2. The number of anilines is 4. The molecule has 0 spiro atoms. The van der Waals surface area contributed by atoms with Crippen LogP contribution in [0.5, 0.6) is 5.75 Å². The Morgan fingerprint density at radius 1 is 1.12 bits per heavy atom. The maximum atomic E-state index is 12.7. The molecule has 17 heteroatoms. The largest absolute Gasteiger partial charge is 0.478 e. The van der Waals surface area contributed by atoms with E-state index in [-0.39, 0.29) is 30.1 Å². The Kier molecular flexibility index (Phi) is 9.16. The van der Waals surface area contributed by atoms with Crippen LogP contribution in [-0.2, 0) is 28.5 Å². The summed E-state index contributed by atoms with van der Waals surface area (Å²) in [6.07, 6.45) is 4.79. The van der Waals surface area contributed by atoms with E-state index < -0.39 is 11.5 Å². The molecule has 16 nitrogen and oxygen atoms in total. The Morgan fingerprint density at radius 3 is 2.76 bits per heavy atom. The Morgan fingerprint density at radius 2 is 1.96 bits per heavy atom. The Balaban J connectivity index is 1.03. The first-order valence-electron chi connectivity index (χ1n) is 16.5. The monoisotopic (exact) mass is 713 g/mol. The van der Waals surface area contributed by atoms with Gasteiger partial charge in [-0.2, -0.15) is 10.1 Å². The first-order valence-corrected chi connectivity index (χ1v) is 16.9. The molecule has 2 aliphatic rings. The lowest BCUT2D eigenvalue weighted by Crippen LogP contribution is -2.39. The number of nitrogens with one attached hydrogen (secondary N) is 4. The van der Waals surface area contributed by atoms with E-state index in [0.717, 1.165) is 36.1 Å². The lowest BCUT2D eigenvalue weighted by molar-refractivity contribution is -0.134. The van der Waals surface area contributed by atoms with E-state index in [4.69, 9.17) is 26.4 Å². The first-order chi connectivity index (χ1) is 24.6. The number of fused-ring (bicyclic) bond motifs is 2. The molecule has 4 aromatic heterocycles. The van der Waals surface area contributed by atoms with Gasteiger partial charge in [-0.25, -0.2) is 9.97 Å². The predicted molar refractivity (Wildman–Crippen MR) is 192 cm³/mol. The first kappa shape index (κ1) is 33.7. The summed E-state index contributed by atoms with van der Waals surface area (Å²) in [6.45, 7) is 1.89. The summed E-state index contributed by atoms with van der Waals surface area (Å²) in [5.41, 5.74) is 3.12. The number of halogens is 1. The number of para-hydroxylation sites is 1. The van der Waals surface area contributed by atoms with Gasteiger partial charge in [-0.15, -0.1) is 0 Å². The van der Waals surface area contributed by atoms with Gasteiger partial charge in [0.15, 0.2) is 18.2 Å². The number of carbonyl (C=O) groups excluding carboxylic acids is 3. The maximum Gasteiger partial charge on any atom is 0.294 e. The van der Waals surface area contributed by atoms with Gasteiger partial charge in [0.1, 0.15) is 10.7 Å². The van der Waals surface area contributed by atoms with Gasteiger partial charge in [0.25, 0.3) is 11.5 Å². The minimum absolute atomic E-state index is 0.0296. The second-order valence-corrected chi connectivity index (χ2v) is 13.1. The normalized spacial score (nSPS) is 17.5. The van der Waals surface area contributed by atoms with Crippen LogP contribution < -0.4 is 36.5 Å². The number of benzene rings is 1. The standard InChI is InChI=1S/C34H36ClN11O5/c1-36-27(48)17-51-25-12-19-11-20(14-38-31(19)44(2)33(25)50)40-30-23(35)15-39-34(42-30)46-10-9-18(16-46)13-37-24-6-4-5-21-28(43-45(3)29(21)24)22-7-8-26(47)41-32(22)49/h4-6,11-12,14-15,18,22,37H,7-10,13,16-17H2,1-3H3,(H,36,48)(H,39,40,42)(H,41,47,49)/t18-,22?/m0/s1. The fraction of sp³-hybridized carbons (Fsp3) is 0.353. The molecule has 51 heavy (non-hydrogen) atoms. The van der Waals surface area contributed by atoms with Gasteiger partial charge in [0, 0.05) is 58.0 Å². The van der Waals surface area contributed by atoms with E-state index in [1.165, 1.54) is 11.6 Å². The summed E-state index contributed by atoms with van der Waals surface area (Å²) < 4.78 is 8.62. The molecule has 0 bridgehead atoms. The van der Waals surface area contributed by atoms with Gasteiger partial charge >= 0.3 is 0 Å². The van der Waals surface area contributed by atoms with E-state index in [0.29, 0.717) is 64.5 Å². The van der Waals surface area contributed by atoms with Crippen molar-refractivity contribution in [3.05, 3.63) is 63.8 Å². The van der Waals surface area contributed by atoms with Crippen LogP contribution in [0.25, 0.3) is 21.9 Å². The van der Waals surface area contributed by atoms with Crippen molar-refractivity contribution in [3.63, 3.8) is 0 Å². The molecule has 0 aliphatic carbocycles.